The van der Waals surface area contributed by atoms with Crippen LogP contribution in [0, 0.1) is 17.5 Å². The summed E-state index contributed by atoms with van der Waals surface area (Å²) < 4.78 is 51.3. The summed E-state index contributed by atoms with van der Waals surface area (Å²) in [5, 5.41) is 2.43. The third-order valence-electron chi connectivity index (χ3n) is 4.26. The van der Waals surface area contributed by atoms with E-state index < -0.39 is 28.9 Å². The number of hydrogen-bond donors (Lipinski definition) is 1. The number of anilines is 1. The zero-order valence-corrected chi connectivity index (χ0v) is 15.0. The molecule has 0 atom stereocenters. The summed E-state index contributed by atoms with van der Waals surface area (Å²) in [6, 6.07) is 13.4. The summed E-state index contributed by atoms with van der Waals surface area (Å²) in [5.74, 6) is -4.64. The van der Waals surface area contributed by atoms with Gasteiger partial charge >= 0.3 is 0 Å². The highest BCUT2D eigenvalue weighted by molar-refractivity contribution is 6.05. The van der Waals surface area contributed by atoms with E-state index in [1.807, 2.05) is 12.1 Å². The number of amides is 1. The molecule has 1 aromatic heterocycles. The Morgan fingerprint density at radius 2 is 1.83 bits per heavy atom. The van der Waals surface area contributed by atoms with Crippen LogP contribution < -0.4 is 10.1 Å². The average Bonchev–Trinajstić information content (AvgIpc) is 3.15. The average molecular weight is 398 g/mol. The fourth-order valence-electron chi connectivity index (χ4n) is 2.84. The Morgan fingerprint density at radius 3 is 2.62 bits per heavy atom. The summed E-state index contributed by atoms with van der Waals surface area (Å²) in [5.41, 5.74) is 1.21. The fraction of sp³-hybridized carbons (Fsp3) is 0.0476. The van der Waals surface area contributed by atoms with Crippen molar-refractivity contribution >= 4 is 22.7 Å². The van der Waals surface area contributed by atoms with Crippen LogP contribution in [0.4, 0.5) is 18.9 Å². The Balaban J connectivity index is 1.65. The number of rotatable bonds is 4. The second-order valence-electron chi connectivity index (χ2n) is 6.08. The van der Waals surface area contributed by atoms with Crippen molar-refractivity contribution in [3.05, 3.63) is 77.6 Å². The first kappa shape index (κ1) is 18.5. The molecule has 1 amide bonds. The molecule has 0 bridgehead atoms. The largest absolute Gasteiger partial charge is 0.496 e. The van der Waals surface area contributed by atoms with Crippen molar-refractivity contribution in [1.82, 2.24) is 4.98 Å². The molecule has 4 rings (SSSR count). The third kappa shape index (κ3) is 3.40. The van der Waals surface area contributed by atoms with Crippen LogP contribution in [-0.2, 0) is 0 Å². The second kappa shape index (κ2) is 7.31. The molecule has 0 aliphatic rings. The predicted molar refractivity (Wildman–Crippen MR) is 100 cm³/mol. The van der Waals surface area contributed by atoms with Crippen molar-refractivity contribution in [2.24, 2.45) is 0 Å². The number of fused-ring (bicyclic) bond motifs is 1. The van der Waals surface area contributed by atoms with E-state index in [9.17, 15) is 18.0 Å². The van der Waals surface area contributed by atoms with Gasteiger partial charge in [-0.15, -0.1) is 0 Å². The van der Waals surface area contributed by atoms with E-state index in [1.165, 1.54) is 19.2 Å². The molecule has 0 spiro atoms. The summed E-state index contributed by atoms with van der Waals surface area (Å²) in [6.07, 6.45) is 0. The lowest BCUT2D eigenvalue weighted by molar-refractivity contribution is 0.102. The van der Waals surface area contributed by atoms with Crippen molar-refractivity contribution < 1.29 is 27.1 Å². The van der Waals surface area contributed by atoms with Gasteiger partial charge in [-0.05, 0) is 36.4 Å². The lowest BCUT2D eigenvalue weighted by atomic mass is 10.1. The first-order valence-corrected chi connectivity index (χ1v) is 8.46. The number of methoxy groups -OCH3 is 1. The van der Waals surface area contributed by atoms with E-state index in [1.54, 1.807) is 18.2 Å². The molecule has 1 N–H and O–H groups in total. The molecule has 0 saturated heterocycles. The molecule has 29 heavy (non-hydrogen) atoms. The van der Waals surface area contributed by atoms with Crippen LogP contribution in [-0.4, -0.2) is 18.0 Å². The Hall–Kier alpha value is -3.81. The van der Waals surface area contributed by atoms with Gasteiger partial charge in [0.1, 0.15) is 11.3 Å². The van der Waals surface area contributed by atoms with Crippen LogP contribution in [0.2, 0.25) is 0 Å². The third-order valence-corrected chi connectivity index (χ3v) is 4.26. The number of nitrogens with one attached hydrogen (secondary N) is 1. The first-order chi connectivity index (χ1) is 14.0. The SMILES string of the molecule is COc1ccccc1-c1nc2ccc(NC(=O)c3ccc(F)c(F)c3F)cc2o1. The number of carbonyl (C=O) groups is 1. The molecule has 0 radical (unpaired) electrons. The number of hydrogen-bond acceptors (Lipinski definition) is 4. The number of para-hydroxylation sites is 1. The highest BCUT2D eigenvalue weighted by atomic mass is 19.2. The topological polar surface area (TPSA) is 64.4 Å². The van der Waals surface area contributed by atoms with E-state index >= 15 is 0 Å². The Bertz CT molecular complexity index is 1240. The van der Waals surface area contributed by atoms with Crippen molar-refractivity contribution in [2.75, 3.05) is 12.4 Å². The molecule has 0 unspecified atom stereocenters. The number of ether oxygens (including phenoxy) is 1. The van der Waals surface area contributed by atoms with Gasteiger partial charge < -0.3 is 14.5 Å². The van der Waals surface area contributed by atoms with Gasteiger partial charge in [-0.2, -0.15) is 0 Å². The van der Waals surface area contributed by atoms with Crippen LogP contribution in [0.5, 0.6) is 5.75 Å². The maximum absolute atomic E-state index is 13.8. The molecule has 0 fully saturated rings. The van der Waals surface area contributed by atoms with Gasteiger partial charge in [0.05, 0.1) is 18.2 Å². The van der Waals surface area contributed by atoms with E-state index in [0.717, 1.165) is 6.07 Å². The minimum Gasteiger partial charge on any atom is -0.496 e. The van der Waals surface area contributed by atoms with Crippen molar-refractivity contribution in [3.8, 4) is 17.2 Å². The van der Waals surface area contributed by atoms with Crippen LogP contribution in [0.25, 0.3) is 22.6 Å². The normalized spacial score (nSPS) is 10.9. The molecule has 1 heterocycles. The minimum atomic E-state index is -1.70. The highest BCUT2D eigenvalue weighted by Crippen LogP contribution is 2.32. The molecule has 4 aromatic rings. The molecule has 0 aliphatic heterocycles. The summed E-state index contributed by atoms with van der Waals surface area (Å²) in [7, 11) is 1.53. The molecular weight excluding hydrogens is 385 g/mol. The van der Waals surface area contributed by atoms with Crippen LogP contribution in [0.3, 0.4) is 0 Å². The van der Waals surface area contributed by atoms with Crippen molar-refractivity contribution in [1.29, 1.82) is 0 Å². The molecule has 0 saturated carbocycles. The van der Waals surface area contributed by atoms with E-state index in [0.29, 0.717) is 34.4 Å². The minimum absolute atomic E-state index is 0.273. The van der Waals surface area contributed by atoms with Crippen molar-refractivity contribution in [3.63, 3.8) is 0 Å². The molecule has 146 valence electrons. The second-order valence-corrected chi connectivity index (χ2v) is 6.08. The lowest BCUT2D eigenvalue weighted by Crippen LogP contribution is -2.15. The molecule has 8 heteroatoms. The maximum atomic E-state index is 13.8. The Labute approximate surface area is 162 Å². The highest BCUT2D eigenvalue weighted by Gasteiger charge is 2.19. The van der Waals surface area contributed by atoms with E-state index in [-0.39, 0.29) is 5.69 Å². The van der Waals surface area contributed by atoms with Gasteiger partial charge in [0.15, 0.2) is 23.0 Å². The fourth-order valence-corrected chi connectivity index (χ4v) is 2.84. The van der Waals surface area contributed by atoms with Gasteiger partial charge in [-0.3, -0.25) is 4.79 Å². The number of halogens is 3. The summed E-state index contributed by atoms with van der Waals surface area (Å²) in [4.78, 5) is 16.6. The number of nitrogens with zero attached hydrogens (tertiary/aromatic N) is 1. The first-order valence-electron chi connectivity index (χ1n) is 8.46. The van der Waals surface area contributed by atoms with Crippen LogP contribution in [0.15, 0.2) is 59.0 Å². The van der Waals surface area contributed by atoms with Gasteiger partial charge in [0.25, 0.3) is 5.91 Å². The standard InChI is InChI=1S/C21H13F3N2O3/c1-28-16-5-3-2-4-12(16)21-26-15-9-6-11(10-17(15)29-21)25-20(27)13-7-8-14(22)19(24)18(13)23/h2-10H,1H3,(H,25,27). The van der Waals surface area contributed by atoms with Gasteiger partial charge in [0, 0.05) is 11.8 Å². The number of aromatic nitrogens is 1. The summed E-state index contributed by atoms with van der Waals surface area (Å²) in [6.45, 7) is 0. The summed E-state index contributed by atoms with van der Waals surface area (Å²) >= 11 is 0. The smallest absolute Gasteiger partial charge is 0.258 e. The molecule has 0 aliphatic carbocycles. The Morgan fingerprint density at radius 1 is 1.03 bits per heavy atom. The zero-order chi connectivity index (χ0) is 20.5. The molecule has 5 nitrogen and oxygen atoms in total. The van der Waals surface area contributed by atoms with Gasteiger partial charge in [0.2, 0.25) is 5.89 Å². The van der Waals surface area contributed by atoms with Crippen molar-refractivity contribution in [2.45, 2.75) is 0 Å². The monoisotopic (exact) mass is 398 g/mol. The van der Waals surface area contributed by atoms with E-state index in [2.05, 4.69) is 10.3 Å². The Kier molecular flexibility index (Phi) is 4.67. The quantitative estimate of drug-likeness (QED) is 0.482. The number of carbonyl (C=O) groups excluding carboxylic acids is 1. The van der Waals surface area contributed by atoms with Gasteiger partial charge in [-0.25, -0.2) is 18.2 Å². The van der Waals surface area contributed by atoms with Crippen LogP contribution >= 0.6 is 0 Å². The molecule has 3 aromatic carbocycles. The lowest BCUT2D eigenvalue weighted by Gasteiger charge is -2.06. The molecular formula is C21H13F3N2O3. The number of oxazole rings is 1. The maximum Gasteiger partial charge on any atom is 0.258 e. The van der Waals surface area contributed by atoms with E-state index in [4.69, 9.17) is 9.15 Å². The predicted octanol–water partition coefficient (Wildman–Crippen LogP) is 5.17. The van der Waals surface area contributed by atoms with Gasteiger partial charge in [-0.1, -0.05) is 12.1 Å². The zero-order valence-electron chi connectivity index (χ0n) is 15.0. The number of benzene rings is 3. The van der Waals surface area contributed by atoms with Crippen LogP contribution in [0.1, 0.15) is 10.4 Å².